The minimum Gasteiger partial charge on any atom is -0.496 e. The van der Waals surface area contributed by atoms with Gasteiger partial charge in [0.05, 0.1) is 7.11 Å². The average Bonchev–Trinajstić information content (AvgIpc) is 2.28. The zero-order chi connectivity index (χ0) is 10.6. The summed E-state index contributed by atoms with van der Waals surface area (Å²) in [7, 11) is 3.07. The molecule has 0 radical (unpaired) electrons. The lowest BCUT2D eigenvalue weighted by atomic mass is 9.96. The van der Waals surface area contributed by atoms with Crippen molar-refractivity contribution < 1.29 is 14.3 Å². The number of para-hydroxylation sites is 1. The third-order valence-corrected chi connectivity index (χ3v) is 2.29. The van der Waals surface area contributed by atoms with Crippen LogP contribution in [0.2, 0.25) is 0 Å². The maximum atomic E-state index is 10.9. The predicted octanol–water partition coefficient (Wildman–Crippen LogP) is 1.76. The van der Waals surface area contributed by atoms with Gasteiger partial charge in [-0.1, -0.05) is 18.2 Å². The molecule has 0 aliphatic carbocycles. The number of aldehydes is 1. The number of methoxy groups -OCH3 is 2. The van der Waals surface area contributed by atoms with Crippen LogP contribution < -0.4 is 4.74 Å². The zero-order valence-corrected chi connectivity index (χ0v) is 8.61. The van der Waals surface area contributed by atoms with Crippen LogP contribution >= 0.6 is 0 Å². The fourth-order valence-electron chi connectivity index (χ4n) is 1.28. The Bertz CT molecular complexity index is 322. The van der Waals surface area contributed by atoms with Gasteiger partial charge in [0.15, 0.2) is 6.29 Å². The SMILES string of the molecule is COc1ccccc1C(C)(C=O)OC. The van der Waals surface area contributed by atoms with E-state index >= 15 is 0 Å². The van der Waals surface area contributed by atoms with Gasteiger partial charge in [-0.3, -0.25) is 4.79 Å². The van der Waals surface area contributed by atoms with Crippen LogP contribution in [0.25, 0.3) is 0 Å². The van der Waals surface area contributed by atoms with Crippen LogP contribution in [-0.2, 0) is 15.1 Å². The lowest BCUT2D eigenvalue weighted by molar-refractivity contribution is -0.126. The fourth-order valence-corrected chi connectivity index (χ4v) is 1.28. The zero-order valence-electron chi connectivity index (χ0n) is 8.61. The fraction of sp³-hybridized carbons (Fsp3) is 0.364. The van der Waals surface area contributed by atoms with Gasteiger partial charge in [0.2, 0.25) is 0 Å². The molecule has 0 heterocycles. The molecule has 0 saturated carbocycles. The lowest BCUT2D eigenvalue weighted by Gasteiger charge is -2.23. The van der Waals surface area contributed by atoms with Gasteiger partial charge in [0.25, 0.3) is 0 Å². The molecule has 1 aromatic carbocycles. The van der Waals surface area contributed by atoms with E-state index in [-0.39, 0.29) is 0 Å². The molecule has 76 valence electrons. The number of carbonyl (C=O) groups excluding carboxylic acids is 1. The summed E-state index contributed by atoms with van der Waals surface area (Å²) in [6.45, 7) is 1.71. The first-order valence-corrected chi connectivity index (χ1v) is 4.33. The molecule has 3 heteroatoms. The van der Waals surface area contributed by atoms with E-state index in [1.807, 2.05) is 18.2 Å². The summed E-state index contributed by atoms with van der Waals surface area (Å²) in [4.78, 5) is 10.9. The van der Waals surface area contributed by atoms with E-state index in [1.165, 1.54) is 7.11 Å². The van der Waals surface area contributed by atoms with E-state index in [0.717, 1.165) is 11.8 Å². The average molecular weight is 194 g/mol. The molecular weight excluding hydrogens is 180 g/mol. The van der Waals surface area contributed by atoms with Crippen molar-refractivity contribution in [1.29, 1.82) is 0 Å². The second kappa shape index (κ2) is 4.24. The van der Waals surface area contributed by atoms with Crippen molar-refractivity contribution >= 4 is 6.29 Å². The van der Waals surface area contributed by atoms with Gasteiger partial charge in [-0.05, 0) is 13.0 Å². The van der Waals surface area contributed by atoms with Gasteiger partial charge >= 0.3 is 0 Å². The van der Waals surface area contributed by atoms with Gasteiger partial charge in [-0.25, -0.2) is 0 Å². The number of hydrogen-bond donors (Lipinski definition) is 0. The molecule has 1 aromatic rings. The summed E-state index contributed by atoms with van der Waals surface area (Å²) in [6.07, 6.45) is 0.769. The van der Waals surface area contributed by atoms with Crippen molar-refractivity contribution in [2.75, 3.05) is 14.2 Å². The Morgan fingerprint density at radius 3 is 2.43 bits per heavy atom. The summed E-state index contributed by atoms with van der Waals surface area (Å²) in [5.74, 6) is 0.656. The molecule has 1 rings (SSSR count). The largest absolute Gasteiger partial charge is 0.496 e. The number of benzene rings is 1. The molecule has 0 fully saturated rings. The Hall–Kier alpha value is -1.35. The van der Waals surface area contributed by atoms with Gasteiger partial charge < -0.3 is 9.47 Å². The van der Waals surface area contributed by atoms with Crippen LogP contribution in [-0.4, -0.2) is 20.5 Å². The van der Waals surface area contributed by atoms with Gasteiger partial charge in [-0.15, -0.1) is 0 Å². The summed E-state index contributed by atoms with van der Waals surface area (Å²) < 4.78 is 10.3. The minimum atomic E-state index is -0.938. The summed E-state index contributed by atoms with van der Waals surface area (Å²) in [5.41, 5.74) is -0.202. The lowest BCUT2D eigenvalue weighted by Crippen LogP contribution is -2.26. The van der Waals surface area contributed by atoms with E-state index < -0.39 is 5.60 Å². The standard InChI is InChI=1S/C11H14O3/c1-11(8-12,14-3)9-6-4-5-7-10(9)13-2/h4-8H,1-3H3. The maximum Gasteiger partial charge on any atom is 0.156 e. The molecule has 0 amide bonds. The number of hydrogen-bond acceptors (Lipinski definition) is 3. The Morgan fingerprint density at radius 1 is 1.29 bits per heavy atom. The van der Waals surface area contributed by atoms with Crippen LogP contribution in [0.15, 0.2) is 24.3 Å². The monoisotopic (exact) mass is 194 g/mol. The normalized spacial score (nSPS) is 14.5. The Morgan fingerprint density at radius 2 is 1.93 bits per heavy atom. The quantitative estimate of drug-likeness (QED) is 0.685. The molecule has 3 nitrogen and oxygen atoms in total. The molecule has 14 heavy (non-hydrogen) atoms. The van der Waals surface area contributed by atoms with Crippen LogP contribution in [0.4, 0.5) is 0 Å². The van der Waals surface area contributed by atoms with Crippen molar-refractivity contribution in [2.24, 2.45) is 0 Å². The van der Waals surface area contributed by atoms with Crippen molar-refractivity contribution in [3.05, 3.63) is 29.8 Å². The Labute approximate surface area is 83.6 Å². The molecule has 0 bridgehead atoms. The number of rotatable bonds is 4. The highest BCUT2D eigenvalue weighted by molar-refractivity contribution is 5.67. The van der Waals surface area contributed by atoms with E-state index in [9.17, 15) is 4.79 Å². The highest BCUT2D eigenvalue weighted by Crippen LogP contribution is 2.30. The highest BCUT2D eigenvalue weighted by atomic mass is 16.5. The molecule has 0 aliphatic heterocycles. The van der Waals surface area contributed by atoms with Crippen LogP contribution in [0.3, 0.4) is 0 Å². The summed E-state index contributed by atoms with van der Waals surface area (Å²) in [5, 5.41) is 0. The van der Waals surface area contributed by atoms with Crippen LogP contribution in [0.1, 0.15) is 12.5 Å². The highest BCUT2D eigenvalue weighted by Gasteiger charge is 2.28. The van der Waals surface area contributed by atoms with Gasteiger partial charge in [0.1, 0.15) is 11.4 Å². The van der Waals surface area contributed by atoms with Crippen molar-refractivity contribution in [3.8, 4) is 5.75 Å². The molecule has 0 saturated heterocycles. The van der Waals surface area contributed by atoms with Crippen molar-refractivity contribution in [2.45, 2.75) is 12.5 Å². The van der Waals surface area contributed by atoms with Crippen molar-refractivity contribution in [1.82, 2.24) is 0 Å². The number of ether oxygens (including phenoxy) is 2. The first-order chi connectivity index (χ1) is 6.68. The summed E-state index contributed by atoms with van der Waals surface area (Å²) >= 11 is 0. The molecule has 1 atom stereocenters. The van der Waals surface area contributed by atoms with Gasteiger partial charge in [-0.2, -0.15) is 0 Å². The second-order valence-corrected chi connectivity index (χ2v) is 3.13. The third kappa shape index (κ3) is 1.77. The van der Waals surface area contributed by atoms with E-state index in [0.29, 0.717) is 5.75 Å². The third-order valence-electron chi connectivity index (χ3n) is 2.29. The molecule has 0 aliphatic rings. The first kappa shape index (κ1) is 10.7. The topological polar surface area (TPSA) is 35.5 Å². The first-order valence-electron chi connectivity index (χ1n) is 4.33. The van der Waals surface area contributed by atoms with E-state index in [1.54, 1.807) is 20.1 Å². The number of carbonyl (C=O) groups is 1. The van der Waals surface area contributed by atoms with Crippen molar-refractivity contribution in [3.63, 3.8) is 0 Å². The summed E-state index contributed by atoms with van der Waals surface area (Å²) in [6, 6.07) is 7.31. The van der Waals surface area contributed by atoms with Crippen LogP contribution in [0, 0.1) is 0 Å². The second-order valence-electron chi connectivity index (χ2n) is 3.13. The molecule has 0 spiro atoms. The Balaban J connectivity index is 3.22. The molecular formula is C11H14O3. The Kier molecular flexibility index (Phi) is 3.25. The predicted molar refractivity (Wildman–Crippen MR) is 53.4 cm³/mol. The molecule has 1 unspecified atom stereocenters. The van der Waals surface area contributed by atoms with E-state index in [2.05, 4.69) is 0 Å². The molecule has 0 aromatic heterocycles. The maximum absolute atomic E-state index is 10.9. The van der Waals surface area contributed by atoms with Crippen LogP contribution in [0.5, 0.6) is 5.75 Å². The van der Waals surface area contributed by atoms with Gasteiger partial charge in [0, 0.05) is 12.7 Å². The minimum absolute atomic E-state index is 0.656. The van der Waals surface area contributed by atoms with E-state index in [4.69, 9.17) is 9.47 Å². The smallest absolute Gasteiger partial charge is 0.156 e. The molecule has 0 N–H and O–H groups in total.